The van der Waals surface area contributed by atoms with E-state index < -0.39 is 0 Å². The van der Waals surface area contributed by atoms with Crippen LogP contribution in [0.4, 0.5) is 0 Å². The van der Waals surface area contributed by atoms with Gasteiger partial charge in [0.1, 0.15) is 0 Å². The maximum atomic E-state index is 4.52. The largest absolute Gasteiger partial charge is 0.162 e. The second-order valence-electron chi connectivity index (χ2n) is 2.78. The third-order valence-electron chi connectivity index (χ3n) is 1.77. The number of rotatable bonds is 2. The number of hydrogen-bond donors (Lipinski definition) is 2. The van der Waals surface area contributed by atoms with Crippen LogP contribution in [0.5, 0.6) is 0 Å². The normalized spacial score (nSPS) is 30.8. The van der Waals surface area contributed by atoms with E-state index >= 15 is 0 Å². The predicted octanol–water partition coefficient (Wildman–Crippen LogP) is 5.44. The lowest BCUT2D eigenvalue weighted by Gasteiger charge is -2.00. The van der Waals surface area contributed by atoms with Gasteiger partial charge in [-0.2, -0.15) is 25.3 Å². The zero-order valence-electron chi connectivity index (χ0n) is 8.50. The fraction of sp³-hybridized carbons (Fsp3) is 0.500. The highest BCUT2D eigenvalue weighted by atomic mass is 32.3. The predicted molar refractivity (Wildman–Crippen MR) is 97.0 cm³/mol. The second kappa shape index (κ2) is 6.63. The molecule has 16 heavy (non-hydrogen) atoms. The maximum Gasteiger partial charge on any atom is 0.0736 e. The van der Waals surface area contributed by atoms with Gasteiger partial charge in [-0.25, -0.2) is 0 Å². The molecule has 0 aliphatic carbocycles. The fourth-order valence-corrected chi connectivity index (χ4v) is 10.3. The Morgan fingerprint density at radius 3 is 1.69 bits per heavy atom. The van der Waals surface area contributed by atoms with E-state index in [2.05, 4.69) is 37.8 Å². The quantitative estimate of drug-likeness (QED) is 0.623. The molecule has 2 rings (SSSR count). The second-order valence-corrected chi connectivity index (χ2v) is 11.6. The van der Waals surface area contributed by atoms with E-state index in [1.54, 1.807) is 0 Å². The Hall–Kier alpha value is 2.28. The van der Waals surface area contributed by atoms with E-state index in [4.69, 9.17) is 0 Å². The van der Waals surface area contributed by atoms with Gasteiger partial charge in [0.15, 0.2) is 0 Å². The summed E-state index contributed by atoms with van der Waals surface area (Å²) in [6, 6.07) is 0. The van der Waals surface area contributed by atoms with Crippen LogP contribution < -0.4 is 0 Å². The standard InChI is InChI=1S/C8H10S8/c1-11-5-6(12-2)16-8(15-5)7-13-3(9)4(10)14-7/h3-4,9-10H,1-2H3. The third kappa shape index (κ3) is 3.23. The minimum Gasteiger partial charge on any atom is -0.162 e. The lowest BCUT2D eigenvalue weighted by atomic mass is 10.9. The van der Waals surface area contributed by atoms with Gasteiger partial charge in [-0.3, -0.25) is 0 Å². The van der Waals surface area contributed by atoms with Gasteiger partial charge in [0.2, 0.25) is 0 Å². The molecule has 2 aliphatic rings. The molecular weight excluding hydrogens is 353 g/mol. The Morgan fingerprint density at radius 2 is 1.31 bits per heavy atom. The van der Waals surface area contributed by atoms with Crippen LogP contribution in [0.2, 0.25) is 0 Å². The highest BCUT2D eigenvalue weighted by Gasteiger charge is 2.32. The van der Waals surface area contributed by atoms with Crippen LogP contribution in [0.15, 0.2) is 16.9 Å². The molecule has 0 N–H and O–H groups in total. The van der Waals surface area contributed by atoms with Crippen molar-refractivity contribution in [3.8, 4) is 0 Å². The van der Waals surface area contributed by atoms with E-state index in [0.29, 0.717) is 9.16 Å². The van der Waals surface area contributed by atoms with Crippen molar-refractivity contribution in [2.45, 2.75) is 9.16 Å². The van der Waals surface area contributed by atoms with Gasteiger partial charge in [0.05, 0.1) is 26.1 Å². The van der Waals surface area contributed by atoms with E-state index in [0.717, 1.165) is 0 Å². The number of hydrogen-bond acceptors (Lipinski definition) is 8. The molecule has 0 radical (unpaired) electrons. The molecule has 0 amide bonds. The first-order valence-electron chi connectivity index (χ1n) is 4.27. The van der Waals surface area contributed by atoms with E-state index in [1.165, 1.54) is 16.9 Å². The summed E-state index contributed by atoms with van der Waals surface area (Å²) in [5, 5.41) is 0. The minimum atomic E-state index is 0.313. The maximum absolute atomic E-state index is 4.52. The Bertz CT molecular complexity index is 316. The van der Waals surface area contributed by atoms with E-state index in [9.17, 15) is 0 Å². The molecule has 8 heteroatoms. The summed E-state index contributed by atoms with van der Waals surface area (Å²) in [4.78, 5) is 0. The molecule has 0 bridgehead atoms. The van der Waals surface area contributed by atoms with Crippen LogP contribution >= 0.6 is 95.8 Å². The lowest BCUT2D eigenvalue weighted by molar-refractivity contribution is 1.41. The van der Waals surface area contributed by atoms with Gasteiger partial charge in [-0.05, 0) is 12.5 Å². The molecule has 2 aliphatic heterocycles. The van der Waals surface area contributed by atoms with Crippen molar-refractivity contribution in [2.24, 2.45) is 0 Å². The highest BCUT2D eigenvalue weighted by molar-refractivity contribution is 8.42. The Kier molecular flexibility index (Phi) is 6.09. The Morgan fingerprint density at radius 1 is 0.875 bits per heavy atom. The molecule has 0 saturated carbocycles. The van der Waals surface area contributed by atoms with E-state index in [1.807, 2.05) is 70.6 Å². The average Bonchev–Trinajstić information content (AvgIpc) is 2.83. The first-order valence-corrected chi connectivity index (χ1v) is 11.1. The van der Waals surface area contributed by atoms with Crippen molar-refractivity contribution in [1.82, 2.24) is 0 Å². The topological polar surface area (TPSA) is 0 Å². The molecule has 0 aromatic rings. The van der Waals surface area contributed by atoms with Crippen LogP contribution in [0.25, 0.3) is 0 Å². The fourth-order valence-electron chi connectivity index (χ4n) is 1.07. The first kappa shape index (κ1) is 14.7. The smallest absolute Gasteiger partial charge is 0.0736 e. The van der Waals surface area contributed by atoms with Crippen molar-refractivity contribution in [2.75, 3.05) is 12.5 Å². The summed E-state index contributed by atoms with van der Waals surface area (Å²) in [6.45, 7) is 0. The lowest BCUT2D eigenvalue weighted by Crippen LogP contribution is -1.97. The molecule has 0 spiro atoms. The molecular formula is C8H10S8. The minimum absolute atomic E-state index is 0.313. The third-order valence-corrected chi connectivity index (χ3v) is 12.0. The average molecular weight is 363 g/mol. The van der Waals surface area contributed by atoms with Crippen molar-refractivity contribution >= 4 is 95.8 Å². The summed E-state index contributed by atoms with van der Waals surface area (Å²) < 4.78 is 6.30. The molecule has 90 valence electrons. The van der Waals surface area contributed by atoms with Crippen LogP contribution in [-0.2, 0) is 0 Å². The SMILES string of the molecule is CSC1=C(SC)SC(=C2SC(S)C(S)S2)S1. The van der Waals surface area contributed by atoms with Crippen molar-refractivity contribution in [3.05, 3.63) is 16.9 Å². The van der Waals surface area contributed by atoms with Crippen molar-refractivity contribution in [3.63, 3.8) is 0 Å². The molecule has 1 saturated heterocycles. The summed E-state index contributed by atoms with van der Waals surface area (Å²) in [5.41, 5.74) is 0. The van der Waals surface area contributed by atoms with Gasteiger partial charge in [0, 0.05) is 0 Å². The summed E-state index contributed by atoms with van der Waals surface area (Å²) in [6.07, 6.45) is 4.29. The zero-order valence-corrected chi connectivity index (χ0v) is 15.2. The highest BCUT2D eigenvalue weighted by Crippen LogP contribution is 2.63. The van der Waals surface area contributed by atoms with Crippen LogP contribution in [0.3, 0.4) is 0 Å². The van der Waals surface area contributed by atoms with Crippen molar-refractivity contribution in [1.29, 1.82) is 0 Å². The molecule has 2 atom stereocenters. The zero-order chi connectivity index (χ0) is 11.7. The van der Waals surface area contributed by atoms with Gasteiger partial charge in [-0.15, -0.1) is 47.0 Å². The Labute approximate surface area is 133 Å². The van der Waals surface area contributed by atoms with Crippen LogP contribution in [0.1, 0.15) is 0 Å². The number of thioether (sulfide) groups is 6. The Balaban J connectivity index is 2.13. The molecule has 1 fully saturated rings. The summed E-state index contributed by atoms with van der Waals surface area (Å²) in [7, 11) is 0. The molecule has 0 nitrogen and oxygen atoms in total. The first-order chi connectivity index (χ1) is 7.65. The van der Waals surface area contributed by atoms with Gasteiger partial charge in [-0.1, -0.05) is 23.5 Å². The van der Waals surface area contributed by atoms with Crippen LogP contribution in [-0.4, -0.2) is 21.7 Å². The molecule has 0 aromatic heterocycles. The van der Waals surface area contributed by atoms with Gasteiger partial charge >= 0.3 is 0 Å². The number of thiol groups is 2. The summed E-state index contributed by atoms with van der Waals surface area (Å²) >= 11 is 20.2. The van der Waals surface area contributed by atoms with Crippen molar-refractivity contribution < 1.29 is 0 Å². The molecule has 0 aromatic carbocycles. The van der Waals surface area contributed by atoms with Gasteiger partial charge in [0.25, 0.3) is 0 Å². The van der Waals surface area contributed by atoms with Gasteiger partial charge < -0.3 is 0 Å². The van der Waals surface area contributed by atoms with E-state index in [-0.39, 0.29) is 0 Å². The monoisotopic (exact) mass is 362 g/mol. The molecule has 2 heterocycles. The molecule has 2 unspecified atom stereocenters. The van der Waals surface area contributed by atoms with Crippen LogP contribution in [0, 0.1) is 0 Å². The summed E-state index contributed by atoms with van der Waals surface area (Å²) in [5.74, 6) is 0.